The molecule has 2 aromatic carbocycles. The summed E-state index contributed by atoms with van der Waals surface area (Å²) < 4.78 is 12.1. The zero-order valence-electron chi connectivity index (χ0n) is 11.3. The molecule has 0 bridgehead atoms. The van der Waals surface area contributed by atoms with Crippen molar-refractivity contribution in [3.63, 3.8) is 0 Å². The van der Waals surface area contributed by atoms with E-state index in [1.807, 2.05) is 48.5 Å². The summed E-state index contributed by atoms with van der Waals surface area (Å²) in [6, 6.07) is 15.2. The molecule has 1 atom stereocenters. The van der Waals surface area contributed by atoms with Crippen LogP contribution >= 0.6 is 15.9 Å². The molecule has 0 saturated heterocycles. The van der Waals surface area contributed by atoms with E-state index in [2.05, 4.69) is 15.9 Å². The molecule has 20 heavy (non-hydrogen) atoms. The maximum absolute atomic E-state index is 9.73. The van der Waals surface area contributed by atoms with Crippen LogP contribution in [0.4, 0.5) is 0 Å². The van der Waals surface area contributed by atoms with Crippen LogP contribution in [0.2, 0.25) is 0 Å². The quantitative estimate of drug-likeness (QED) is 0.811. The van der Waals surface area contributed by atoms with Gasteiger partial charge in [-0.25, -0.2) is 0 Å². The summed E-state index contributed by atoms with van der Waals surface area (Å²) in [5.74, 6) is 1.50. The first kappa shape index (κ1) is 14.9. The van der Waals surface area contributed by atoms with Crippen molar-refractivity contribution in [2.24, 2.45) is 0 Å². The molecule has 0 aliphatic carbocycles. The van der Waals surface area contributed by atoms with Crippen molar-refractivity contribution in [3.8, 4) is 11.5 Å². The number of ether oxygens (including phenoxy) is 2. The van der Waals surface area contributed by atoms with Crippen molar-refractivity contribution in [2.45, 2.75) is 13.0 Å². The smallest absolute Gasteiger partial charge is 0.125 e. The third-order valence-corrected chi connectivity index (χ3v) is 3.27. The lowest BCUT2D eigenvalue weighted by Crippen LogP contribution is -2.10. The zero-order valence-corrected chi connectivity index (χ0v) is 12.8. The number of halogens is 1. The molecule has 1 N–H and O–H groups in total. The molecule has 2 aromatic rings. The summed E-state index contributed by atoms with van der Waals surface area (Å²) in [5.41, 5.74) is 0.763. The first-order valence-electron chi connectivity index (χ1n) is 6.45. The van der Waals surface area contributed by atoms with Gasteiger partial charge in [0.05, 0.1) is 6.10 Å². The molecule has 0 aliphatic rings. The van der Waals surface area contributed by atoms with E-state index in [-0.39, 0.29) is 0 Å². The Morgan fingerprint density at radius 3 is 2.45 bits per heavy atom. The minimum atomic E-state index is -0.572. The Labute approximate surface area is 127 Å². The molecule has 1 unspecified atom stereocenters. The monoisotopic (exact) mass is 336 g/mol. The Kier molecular flexibility index (Phi) is 5.44. The van der Waals surface area contributed by atoms with Crippen LogP contribution in [0.5, 0.6) is 11.5 Å². The molecule has 0 aliphatic heterocycles. The van der Waals surface area contributed by atoms with Crippen molar-refractivity contribution in [1.82, 2.24) is 0 Å². The second kappa shape index (κ2) is 7.31. The van der Waals surface area contributed by atoms with Crippen LogP contribution in [-0.2, 0) is 0 Å². The van der Waals surface area contributed by atoms with Crippen LogP contribution in [0.25, 0.3) is 0 Å². The van der Waals surface area contributed by atoms with E-state index in [1.54, 1.807) is 6.92 Å². The number of benzene rings is 2. The largest absolute Gasteiger partial charge is 0.490 e. The lowest BCUT2D eigenvalue weighted by molar-refractivity contribution is 0.182. The lowest BCUT2D eigenvalue weighted by atomic mass is 10.1. The highest BCUT2D eigenvalue weighted by Gasteiger charge is 2.09. The van der Waals surface area contributed by atoms with Gasteiger partial charge in [-0.1, -0.05) is 34.1 Å². The van der Waals surface area contributed by atoms with E-state index in [4.69, 9.17) is 9.47 Å². The standard InChI is InChI=1S/C16H17BrO3/c1-12(18)15-11-13(17)7-8-16(15)20-10-9-19-14-5-3-2-4-6-14/h2-8,11-12,18H,9-10H2,1H3. The third-order valence-electron chi connectivity index (χ3n) is 2.77. The van der Waals surface area contributed by atoms with Gasteiger partial charge in [-0.2, -0.15) is 0 Å². The summed E-state index contributed by atoms with van der Waals surface area (Å²) in [7, 11) is 0. The Bertz CT molecular complexity index is 541. The highest BCUT2D eigenvalue weighted by atomic mass is 79.9. The molecule has 3 nitrogen and oxygen atoms in total. The summed E-state index contributed by atoms with van der Waals surface area (Å²) >= 11 is 3.39. The van der Waals surface area contributed by atoms with Crippen LogP contribution in [-0.4, -0.2) is 18.3 Å². The second-order valence-electron chi connectivity index (χ2n) is 4.37. The number of rotatable bonds is 6. The minimum Gasteiger partial charge on any atom is -0.490 e. The number of hydrogen-bond acceptors (Lipinski definition) is 3. The first-order valence-corrected chi connectivity index (χ1v) is 7.24. The second-order valence-corrected chi connectivity index (χ2v) is 5.28. The summed E-state index contributed by atoms with van der Waals surface area (Å²) in [5, 5.41) is 9.73. The Balaban J connectivity index is 1.88. The van der Waals surface area contributed by atoms with Crippen molar-refractivity contribution in [3.05, 3.63) is 58.6 Å². The number of para-hydroxylation sites is 1. The maximum Gasteiger partial charge on any atom is 0.125 e. The summed E-state index contributed by atoms with van der Waals surface area (Å²) in [6.45, 7) is 2.60. The molecular formula is C16H17BrO3. The van der Waals surface area contributed by atoms with E-state index in [0.29, 0.717) is 19.0 Å². The highest BCUT2D eigenvalue weighted by Crippen LogP contribution is 2.28. The van der Waals surface area contributed by atoms with Crippen LogP contribution in [0.15, 0.2) is 53.0 Å². The fourth-order valence-electron chi connectivity index (χ4n) is 1.81. The number of hydrogen-bond donors (Lipinski definition) is 1. The Morgan fingerprint density at radius 1 is 1.05 bits per heavy atom. The van der Waals surface area contributed by atoms with Gasteiger partial charge < -0.3 is 14.6 Å². The zero-order chi connectivity index (χ0) is 14.4. The molecule has 0 fully saturated rings. The van der Waals surface area contributed by atoms with Crippen LogP contribution in [0, 0.1) is 0 Å². The van der Waals surface area contributed by atoms with Crippen molar-refractivity contribution >= 4 is 15.9 Å². The van der Waals surface area contributed by atoms with Gasteiger partial charge in [0.25, 0.3) is 0 Å². The molecule has 0 spiro atoms. The van der Waals surface area contributed by atoms with Crippen LogP contribution < -0.4 is 9.47 Å². The van der Waals surface area contributed by atoms with Crippen molar-refractivity contribution in [2.75, 3.05) is 13.2 Å². The molecule has 0 heterocycles. The van der Waals surface area contributed by atoms with Crippen molar-refractivity contribution < 1.29 is 14.6 Å². The topological polar surface area (TPSA) is 38.7 Å². The van der Waals surface area contributed by atoms with Gasteiger partial charge in [-0.05, 0) is 37.3 Å². The third kappa shape index (κ3) is 4.25. The van der Waals surface area contributed by atoms with E-state index < -0.39 is 6.10 Å². The van der Waals surface area contributed by atoms with E-state index in [1.165, 1.54) is 0 Å². The Morgan fingerprint density at radius 2 is 1.75 bits per heavy atom. The lowest BCUT2D eigenvalue weighted by Gasteiger charge is -2.14. The molecule has 2 rings (SSSR count). The Hall–Kier alpha value is -1.52. The SMILES string of the molecule is CC(O)c1cc(Br)ccc1OCCOc1ccccc1. The maximum atomic E-state index is 9.73. The average molecular weight is 337 g/mol. The fourth-order valence-corrected chi connectivity index (χ4v) is 2.18. The molecule has 106 valence electrons. The summed E-state index contributed by atoms with van der Waals surface area (Å²) in [4.78, 5) is 0. The van der Waals surface area contributed by atoms with E-state index in [9.17, 15) is 5.11 Å². The van der Waals surface area contributed by atoms with E-state index in [0.717, 1.165) is 15.8 Å². The van der Waals surface area contributed by atoms with Gasteiger partial charge >= 0.3 is 0 Å². The van der Waals surface area contributed by atoms with Crippen LogP contribution in [0.1, 0.15) is 18.6 Å². The molecule has 0 radical (unpaired) electrons. The van der Waals surface area contributed by atoms with Crippen LogP contribution in [0.3, 0.4) is 0 Å². The predicted molar refractivity (Wildman–Crippen MR) is 82.2 cm³/mol. The minimum absolute atomic E-state index is 0.427. The number of aliphatic hydroxyl groups is 1. The molecule has 0 aromatic heterocycles. The molecule has 0 amide bonds. The van der Waals surface area contributed by atoms with Gasteiger partial charge in [-0.15, -0.1) is 0 Å². The van der Waals surface area contributed by atoms with Gasteiger partial charge in [-0.3, -0.25) is 0 Å². The molecular weight excluding hydrogens is 320 g/mol. The van der Waals surface area contributed by atoms with Gasteiger partial charge in [0.2, 0.25) is 0 Å². The van der Waals surface area contributed by atoms with Gasteiger partial charge in [0.1, 0.15) is 24.7 Å². The van der Waals surface area contributed by atoms with Gasteiger partial charge in [0.15, 0.2) is 0 Å². The molecule has 4 heteroatoms. The van der Waals surface area contributed by atoms with Gasteiger partial charge in [0, 0.05) is 10.0 Å². The normalized spacial score (nSPS) is 11.9. The first-order chi connectivity index (χ1) is 9.66. The number of aliphatic hydroxyl groups excluding tert-OH is 1. The fraction of sp³-hybridized carbons (Fsp3) is 0.250. The van der Waals surface area contributed by atoms with E-state index >= 15 is 0 Å². The summed E-state index contributed by atoms with van der Waals surface area (Å²) in [6.07, 6.45) is -0.572. The predicted octanol–water partition coefficient (Wildman–Crippen LogP) is 3.96. The highest BCUT2D eigenvalue weighted by molar-refractivity contribution is 9.10. The van der Waals surface area contributed by atoms with Crippen molar-refractivity contribution in [1.29, 1.82) is 0 Å². The molecule has 0 saturated carbocycles. The average Bonchev–Trinajstić information content (AvgIpc) is 2.45.